The van der Waals surface area contributed by atoms with Gasteiger partial charge in [0.15, 0.2) is 0 Å². The van der Waals surface area contributed by atoms with Crippen molar-refractivity contribution in [2.75, 3.05) is 19.0 Å². The molecule has 2 aromatic carbocycles. The van der Waals surface area contributed by atoms with Gasteiger partial charge in [0.1, 0.15) is 11.8 Å². The molecule has 0 atom stereocenters. The third-order valence-electron chi connectivity index (χ3n) is 4.35. The first kappa shape index (κ1) is 16.9. The first-order chi connectivity index (χ1) is 12.2. The zero-order chi connectivity index (χ0) is 17.8. The molecule has 3 rings (SSSR count). The van der Waals surface area contributed by atoms with Gasteiger partial charge in [-0.05, 0) is 61.4 Å². The van der Waals surface area contributed by atoms with Crippen LogP contribution in [0.1, 0.15) is 25.8 Å². The lowest BCUT2D eigenvalue weighted by Crippen LogP contribution is -2.00. The number of aromatic nitrogens is 1. The van der Waals surface area contributed by atoms with E-state index in [4.69, 9.17) is 4.74 Å². The average molecular weight is 333 g/mol. The Bertz CT molecular complexity index is 917. The van der Waals surface area contributed by atoms with Gasteiger partial charge in [-0.25, -0.2) is 0 Å². The Morgan fingerprint density at radius 2 is 1.88 bits per heavy atom. The van der Waals surface area contributed by atoms with Gasteiger partial charge in [0.25, 0.3) is 0 Å². The van der Waals surface area contributed by atoms with Crippen molar-refractivity contribution in [3.05, 3.63) is 48.0 Å². The second-order valence-corrected chi connectivity index (χ2v) is 5.93. The molecule has 0 radical (unpaired) electrons. The fourth-order valence-corrected chi connectivity index (χ4v) is 3.25. The van der Waals surface area contributed by atoms with Crippen LogP contribution in [0.25, 0.3) is 22.2 Å². The molecule has 3 aromatic rings. The molecule has 0 bridgehead atoms. The zero-order valence-electron chi connectivity index (χ0n) is 15.0. The third-order valence-corrected chi connectivity index (χ3v) is 4.35. The van der Waals surface area contributed by atoms with Gasteiger partial charge >= 0.3 is 0 Å². The van der Waals surface area contributed by atoms with Crippen molar-refractivity contribution >= 4 is 16.6 Å². The monoisotopic (exact) mass is 333 g/mol. The highest BCUT2D eigenvalue weighted by Crippen LogP contribution is 2.35. The van der Waals surface area contributed by atoms with Gasteiger partial charge in [-0.1, -0.05) is 6.92 Å². The lowest BCUT2D eigenvalue weighted by atomic mass is 10.1. The number of rotatable bonds is 6. The third kappa shape index (κ3) is 3.06. The SMILES string of the molecule is CCCn1c(-c2ccc(OCC)cc2)c(C#N)c2ccc(NC)cc21. The molecule has 0 spiro atoms. The van der Waals surface area contributed by atoms with E-state index in [2.05, 4.69) is 28.9 Å². The Balaban J connectivity index is 2.24. The minimum atomic E-state index is 0.645. The van der Waals surface area contributed by atoms with Crippen LogP contribution in [0.4, 0.5) is 5.69 Å². The molecule has 1 N–H and O–H groups in total. The highest BCUT2D eigenvalue weighted by molar-refractivity contribution is 5.96. The highest BCUT2D eigenvalue weighted by atomic mass is 16.5. The molecular weight excluding hydrogens is 310 g/mol. The van der Waals surface area contributed by atoms with Crippen LogP contribution in [0.15, 0.2) is 42.5 Å². The number of ether oxygens (including phenoxy) is 1. The molecule has 0 saturated heterocycles. The van der Waals surface area contributed by atoms with E-state index >= 15 is 0 Å². The van der Waals surface area contributed by atoms with Crippen LogP contribution >= 0.6 is 0 Å². The maximum Gasteiger partial charge on any atom is 0.119 e. The summed E-state index contributed by atoms with van der Waals surface area (Å²) < 4.78 is 7.79. The zero-order valence-corrected chi connectivity index (χ0v) is 15.0. The molecule has 1 aromatic heterocycles. The average Bonchev–Trinajstić information content (AvgIpc) is 2.95. The van der Waals surface area contributed by atoms with Crippen molar-refractivity contribution in [3.8, 4) is 23.1 Å². The quantitative estimate of drug-likeness (QED) is 0.688. The molecule has 25 heavy (non-hydrogen) atoms. The smallest absolute Gasteiger partial charge is 0.119 e. The maximum absolute atomic E-state index is 9.82. The molecule has 0 aliphatic rings. The van der Waals surface area contributed by atoms with E-state index in [1.165, 1.54) is 0 Å². The first-order valence-electron chi connectivity index (χ1n) is 8.70. The number of fused-ring (bicyclic) bond motifs is 1. The lowest BCUT2D eigenvalue weighted by Gasteiger charge is -2.11. The number of nitrogens with one attached hydrogen (secondary N) is 1. The molecule has 0 unspecified atom stereocenters. The molecule has 0 aliphatic heterocycles. The molecule has 0 saturated carbocycles. The highest BCUT2D eigenvalue weighted by Gasteiger charge is 2.18. The first-order valence-corrected chi connectivity index (χ1v) is 8.70. The summed E-state index contributed by atoms with van der Waals surface area (Å²) in [7, 11) is 1.91. The van der Waals surface area contributed by atoms with Crippen molar-refractivity contribution in [3.63, 3.8) is 0 Å². The number of nitriles is 1. The fraction of sp³-hybridized carbons (Fsp3) is 0.286. The van der Waals surface area contributed by atoms with Crippen molar-refractivity contribution < 1.29 is 4.74 Å². The Hall–Kier alpha value is -2.93. The van der Waals surface area contributed by atoms with Crippen molar-refractivity contribution in [2.45, 2.75) is 26.8 Å². The predicted molar refractivity (Wildman–Crippen MR) is 103 cm³/mol. The van der Waals surface area contributed by atoms with Gasteiger partial charge in [-0.15, -0.1) is 0 Å². The summed E-state index contributed by atoms with van der Waals surface area (Å²) in [5.41, 5.74) is 4.89. The van der Waals surface area contributed by atoms with E-state index in [1.807, 2.05) is 50.4 Å². The molecule has 4 nitrogen and oxygen atoms in total. The van der Waals surface area contributed by atoms with E-state index in [1.54, 1.807) is 0 Å². The summed E-state index contributed by atoms with van der Waals surface area (Å²) in [4.78, 5) is 0. The van der Waals surface area contributed by atoms with E-state index in [0.717, 1.165) is 52.1 Å². The van der Waals surface area contributed by atoms with Crippen molar-refractivity contribution in [1.29, 1.82) is 5.26 Å². The van der Waals surface area contributed by atoms with Crippen molar-refractivity contribution in [1.82, 2.24) is 4.57 Å². The van der Waals surface area contributed by atoms with Gasteiger partial charge in [0.2, 0.25) is 0 Å². The summed E-state index contributed by atoms with van der Waals surface area (Å²) >= 11 is 0. The van der Waals surface area contributed by atoms with Crippen LogP contribution in [-0.4, -0.2) is 18.2 Å². The van der Waals surface area contributed by atoms with Gasteiger partial charge in [0, 0.05) is 24.7 Å². The minimum absolute atomic E-state index is 0.645. The second kappa shape index (κ2) is 7.31. The van der Waals surface area contributed by atoms with Crippen LogP contribution in [0, 0.1) is 11.3 Å². The van der Waals surface area contributed by atoms with Gasteiger partial charge in [0.05, 0.1) is 23.4 Å². The number of anilines is 1. The Kier molecular flexibility index (Phi) is 4.95. The standard InChI is InChI=1S/C21H23N3O/c1-4-12-24-20-13-16(23-3)8-11-18(20)19(14-22)21(24)15-6-9-17(10-7-15)25-5-2/h6-11,13,23H,4-5,12H2,1-3H3. The van der Waals surface area contributed by atoms with Crippen LogP contribution in [0.3, 0.4) is 0 Å². The lowest BCUT2D eigenvalue weighted by molar-refractivity contribution is 0.340. The molecule has 0 aliphatic carbocycles. The van der Waals surface area contributed by atoms with Crippen molar-refractivity contribution in [2.24, 2.45) is 0 Å². The van der Waals surface area contributed by atoms with Crippen LogP contribution in [0.2, 0.25) is 0 Å². The second-order valence-electron chi connectivity index (χ2n) is 5.93. The molecule has 0 amide bonds. The van der Waals surface area contributed by atoms with Gasteiger partial charge in [-0.2, -0.15) is 5.26 Å². The minimum Gasteiger partial charge on any atom is -0.494 e. The Labute approximate surface area is 148 Å². The van der Waals surface area contributed by atoms with E-state index in [-0.39, 0.29) is 0 Å². The number of nitrogens with zero attached hydrogens (tertiary/aromatic N) is 2. The molecule has 1 heterocycles. The summed E-state index contributed by atoms with van der Waals surface area (Å²) in [6.07, 6.45) is 1.00. The Morgan fingerprint density at radius 1 is 1.12 bits per heavy atom. The van der Waals surface area contributed by atoms with Crippen LogP contribution in [-0.2, 0) is 6.54 Å². The van der Waals surface area contributed by atoms with Gasteiger partial charge in [-0.3, -0.25) is 0 Å². The topological polar surface area (TPSA) is 50.0 Å². The molecule has 0 fully saturated rings. The summed E-state index contributed by atoms with van der Waals surface area (Å²) in [5.74, 6) is 0.848. The van der Waals surface area contributed by atoms with Crippen LogP contribution < -0.4 is 10.1 Å². The number of hydrogen-bond acceptors (Lipinski definition) is 3. The van der Waals surface area contributed by atoms with Crippen LogP contribution in [0.5, 0.6) is 5.75 Å². The van der Waals surface area contributed by atoms with E-state index < -0.39 is 0 Å². The summed E-state index contributed by atoms with van der Waals surface area (Å²) in [6.45, 7) is 5.64. The normalized spacial score (nSPS) is 10.6. The predicted octanol–water partition coefficient (Wildman–Crippen LogP) is 5.03. The number of benzene rings is 2. The largest absolute Gasteiger partial charge is 0.494 e. The van der Waals surface area contributed by atoms with E-state index in [0.29, 0.717) is 6.61 Å². The Morgan fingerprint density at radius 3 is 2.48 bits per heavy atom. The fourth-order valence-electron chi connectivity index (χ4n) is 3.25. The van der Waals surface area contributed by atoms with E-state index in [9.17, 15) is 5.26 Å². The molecular formula is C21H23N3O. The van der Waals surface area contributed by atoms with Gasteiger partial charge < -0.3 is 14.6 Å². The molecule has 4 heteroatoms. The summed E-state index contributed by atoms with van der Waals surface area (Å²) in [6, 6.07) is 16.6. The maximum atomic E-state index is 9.82. The number of hydrogen-bond donors (Lipinski definition) is 1. The summed E-state index contributed by atoms with van der Waals surface area (Å²) in [5, 5.41) is 14.0. The molecule has 128 valence electrons. The number of aryl methyl sites for hydroxylation is 1.